The van der Waals surface area contributed by atoms with E-state index >= 15 is 0 Å². The third kappa shape index (κ3) is 9.78. The number of nitrogens with two attached hydrogens (primary N) is 1. The van der Waals surface area contributed by atoms with Gasteiger partial charge in [0.2, 0.25) is 5.91 Å². The van der Waals surface area contributed by atoms with Gasteiger partial charge in [-0.1, -0.05) is 45.0 Å². The lowest BCUT2D eigenvalue weighted by molar-refractivity contribution is -0.146. The smallest absolute Gasteiger partial charge is 0.227 e. The van der Waals surface area contributed by atoms with Crippen LogP contribution in [-0.2, 0) is 30.3 Å². The first-order valence-electron chi connectivity index (χ1n) is 14.4. The van der Waals surface area contributed by atoms with E-state index in [1.54, 1.807) is 11.3 Å². The number of aromatic nitrogens is 1. The van der Waals surface area contributed by atoms with Crippen LogP contribution in [-0.4, -0.2) is 84.1 Å². The standard InChI is InChI=1S/C31H45N3O6S/c1-21-29(41-20-33-21)23-8-5-22(6-9-23)7-10-28(37)27-18-25(36)19-34(27)30(38)26(31(2,3)4)17-24(35)11-13-39-15-16-40-14-12-32/h5-6,8-9,20,25-27,36H,7,10-19,32H2,1-4H3/t25-,26-,27+/m1/s1. The van der Waals surface area contributed by atoms with E-state index in [-0.39, 0.29) is 56.3 Å². The summed E-state index contributed by atoms with van der Waals surface area (Å²) in [5.74, 6) is -0.991. The van der Waals surface area contributed by atoms with Gasteiger partial charge in [-0.25, -0.2) is 4.98 Å². The molecule has 0 aliphatic carbocycles. The summed E-state index contributed by atoms with van der Waals surface area (Å²) in [5, 5.41) is 10.4. The van der Waals surface area contributed by atoms with Crippen molar-refractivity contribution in [3.05, 3.63) is 41.0 Å². The van der Waals surface area contributed by atoms with Crippen molar-refractivity contribution < 1.29 is 29.0 Å². The van der Waals surface area contributed by atoms with E-state index in [4.69, 9.17) is 15.2 Å². The van der Waals surface area contributed by atoms with Crippen LogP contribution in [0.15, 0.2) is 29.8 Å². The number of thiazole rings is 1. The van der Waals surface area contributed by atoms with Gasteiger partial charge in [0.1, 0.15) is 5.78 Å². The van der Waals surface area contributed by atoms with Gasteiger partial charge in [-0.3, -0.25) is 14.4 Å². The van der Waals surface area contributed by atoms with E-state index in [1.165, 1.54) is 4.90 Å². The Hall–Kier alpha value is -2.50. The molecule has 1 aliphatic rings. The van der Waals surface area contributed by atoms with E-state index in [1.807, 2.05) is 57.5 Å². The molecule has 0 bridgehead atoms. The number of ether oxygens (including phenoxy) is 2. The Kier molecular flexibility index (Phi) is 12.6. The highest BCUT2D eigenvalue weighted by Gasteiger charge is 2.44. The van der Waals surface area contributed by atoms with Gasteiger partial charge >= 0.3 is 0 Å². The summed E-state index contributed by atoms with van der Waals surface area (Å²) in [6, 6.07) is 7.44. The number of aryl methyl sites for hydroxylation is 2. The lowest BCUT2D eigenvalue weighted by Gasteiger charge is -2.34. The molecule has 2 aromatic rings. The Morgan fingerprint density at radius 3 is 2.39 bits per heavy atom. The van der Waals surface area contributed by atoms with Gasteiger partial charge in [0.05, 0.1) is 54.7 Å². The molecule has 0 spiro atoms. The lowest BCUT2D eigenvalue weighted by Crippen LogP contribution is -2.47. The van der Waals surface area contributed by atoms with Crippen molar-refractivity contribution in [1.82, 2.24) is 9.88 Å². The van der Waals surface area contributed by atoms with Crippen molar-refractivity contribution in [2.24, 2.45) is 17.1 Å². The molecule has 1 aromatic heterocycles. The van der Waals surface area contributed by atoms with Crippen molar-refractivity contribution in [3.8, 4) is 10.4 Å². The van der Waals surface area contributed by atoms with E-state index in [9.17, 15) is 19.5 Å². The Balaban J connectivity index is 1.57. The van der Waals surface area contributed by atoms with E-state index in [0.717, 1.165) is 21.7 Å². The molecule has 9 nitrogen and oxygen atoms in total. The average Bonchev–Trinajstić information content (AvgIpc) is 3.54. The second-order valence-electron chi connectivity index (χ2n) is 11.8. The maximum absolute atomic E-state index is 13.8. The zero-order valence-electron chi connectivity index (χ0n) is 24.8. The molecule has 10 heteroatoms. The number of likely N-dealkylation sites (tertiary alicyclic amines) is 1. The predicted molar refractivity (Wildman–Crippen MR) is 160 cm³/mol. The van der Waals surface area contributed by atoms with Crippen LogP contribution >= 0.6 is 11.3 Å². The van der Waals surface area contributed by atoms with Crippen molar-refractivity contribution in [2.45, 2.75) is 71.9 Å². The summed E-state index contributed by atoms with van der Waals surface area (Å²) in [5.41, 5.74) is 9.84. The van der Waals surface area contributed by atoms with Crippen LogP contribution in [0.5, 0.6) is 0 Å². The molecule has 2 heterocycles. The third-order valence-corrected chi connectivity index (χ3v) is 8.47. The van der Waals surface area contributed by atoms with Crippen LogP contribution in [0.4, 0.5) is 0 Å². The molecule has 1 aromatic carbocycles. The van der Waals surface area contributed by atoms with Gasteiger partial charge in [0.15, 0.2) is 5.78 Å². The van der Waals surface area contributed by atoms with Crippen molar-refractivity contribution in [3.63, 3.8) is 0 Å². The summed E-state index contributed by atoms with van der Waals surface area (Å²) >= 11 is 1.60. The number of aliphatic hydroxyl groups is 1. The second-order valence-corrected chi connectivity index (χ2v) is 12.6. The number of carbonyl (C=O) groups is 3. The zero-order valence-corrected chi connectivity index (χ0v) is 25.6. The van der Waals surface area contributed by atoms with Gasteiger partial charge in [0.25, 0.3) is 0 Å². The summed E-state index contributed by atoms with van der Waals surface area (Å²) in [6.07, 6.45) is 0.539. The van der Waals surface area contributed by atoms with Gasteiger partial charge < -0.3 is 25.2 Å². The van der Waals surface area contributed by atoms with Gasteiger partial charge in [-0.15, -0.1) is 11.3 Å². The third-order valence-electron chi connectivity index (χ3n) is 7.49. The summed E-state index contributed by atoms with van der Waals surface area (Å²) in [4.78, 5) is 46.8. The zero-order chi connectivity index (χ0) is 30.0. The highest BCUT2D eigenvalue weighted by atomic mass is 32.1. The first-order valence-corrected chi connectivity index (χ1v) is 15.3. The number of aliphatic hydroxyl groups excluding tert-OH is 1. The van der Waals surface area contributed by atoms with Crippen LogP contribution in [0.3, 0.4) is 0 Å². The Morgan fingerprint density at radius 2 is 1.78 bits per heavy atom. The molecule has 1 amide bonds. The molecule has 1 aliphatic heterocycles. The number of nitrogens with zero attached hydrogens (tertiary/aromatic N) is 2. The summed E-state index contributed by atoms with van der Waals surface area (Å²) < 4.78 is 10.7. The van der Waals surface area contributed by atoms with Crippen LogP contribution in [0.25, 0.3) is 10.4 Å². The Morgan fingerprint density at radius 1 is 1.10 bits per heavy atom. The topological polar surface area (TPSA) is 132 Å². The molecule has 41 heavy (non-hydrogen) atoms. The molecule has 0 radical (unpaired) electrons. The molecule has 3 rings (SSSR count). The number of benzene rings is 1. The van der Waals surface area contributed by atoms with Gasteiger partial charge in [-0.2, -0.15) is 0 Å². The van der Waals surface area contributed by atoms with Gasteiger partial charge in [-0.05, 0) is 29.9 Å². The minimum Gasteiger partial charge on any atom is -0.391 e. The van der Waals surface area contributed by atoms with Crippen LogP contribution in [0.1, 0.15) is 57.7 Å². The number of Topliss-reactive ketones (excluding diaryl/α,β-unsaturated/α-hetero) is 2. The second kappa shape index (κ2) is 15.7. The number of amides is 1. The van der Waals surface area contributed by atoms with E-state index in [2.05, 4.69) is 4.98 Å². The number of rotatable bonds is 16. The van der Waals surface area contributed by atoms with Crippen LogP contribution in [0, 0.1) is 18.3 Å². The van der Waals surface area contributed by atoms with Crippen molar-refractivity contribution >= 4 is 28.8 Å². The number of β-amino-alcohol motifs (C(OH)–C–C–N with tert-alkyl or cyclic N) is 1. The van der Waals surface area contributed by atoms with E-state index < -0.39 is 23.5 Å². The van der Waals surface area contributed by atoms with Crippen LogP contribution in [0.2, 0.25) is 0 Å². The highest BCUT2D eigenvalue weighted by Crippen LogP contribution is 2.34. The molecule has 3 atom stereocenters. The maximum atomic E-state index is 13.8. The first-order chi connectivity index (χ1) is 19.5. The Labute approximate surface area is 247 Å². The lowest BCUT2D eigenvalue weighted by atomic mass is 9.76. The predicted octanol–water partition coefficient (Wildman–Crippen LogP) is 3.59. The van der Waals surface area contributed by atoms with Crippen molar-refractivity contribution in [2.75, 3.05) is 39.5 Å². The van der Waals surface area contributed by atoms with Gasteiger partial charge in [0, 0.05) is 44.7 Å². The minimum atomic E-state index is -0.763. The molecular formula is C31H45N3O6S. The van der Waals surface area contributed by atoms with E-state index in [0.29, 0.717) is 32.8 Å². The molecular weight excluding hydrogens is 542 g/mol. The monoisotopic (exact) mass is 587 g/mol. The summed E-state index contributed by atoms with van der Waals surface area (Å²) in [7, 11) is 0. The number of carbonyl (C=O) groups excluding carboxylic acids is 3. The van der Waals surface area contributed by atoms with Crippen molar-refractivity contribution in [1.29, 1.82) is 0 Å². The first kappa shape index (κ1) is 33.0. The average molecular weight is 588 g/mol. The maximum Gasteiger partial charge on any atom is 0.227 e. The SMILES string of the molecule is Cc1ncsc1-c1ccc(CCC(=O)[C@@H]2C[C@@H](O)CN2C(=O)[C@@H](CC(=O)CCOCCOCCN)C(C)(C)C)cc1. The molecule has 226 valence electrons. The molecule has 0 unspecified atom stereocenters. The molecule has 3 N–H and O–H groups in total. The fraction of sp³-hybridized carbons (Fsp3) is 0.613. The fourth-order valence-electron chi connectivity index (χ4n) is 5.08. The largest absolute Gasteiger partial charge is 0.391 e. The Bertz CT molecular complexity index is 1140. The number of hydrogen-bond donors (Lipinski definition) is 2. The number of ketones is 2. The normalized spacial score (nSPS) is 18.0. The fourth-order valence-corrected chi connectivity index (χ4v) is 5.90. The summed E-state index contributed by atoms with van der Waals surface area (Å²) in [6.45, 7) is 9.82. The quantitative estimate of drug-likeness (QED) is 0.285. The molecule has 1 saturated heterocycles. The number of hydrogen-bond acceptors (Lipinski definition) is 9. The molecule has 0 saturated carbocycles. The van der Waals surface area contributed by atoms with Crippen LogP contribution < -0.4 is 5.73 Å². The highest BCUT2D eigenvalue weighted by molar-refractivity contribution is 7.13. The minimum absolute atomic E-state index is 0.0639. The molecule has 1 fully saturated rings.